The SMILES string of the molecule is CC(=O)N1CCC(C(=O)Nc2cc(C(=O)O)ccc2OC(C)C)CC1. The number of amides is 2. The molecule has 136 valence electrons. The molecule has 1 aliphatic rings. The van der Waals surface area contributed by atoms with Crippen molar-refractivity contribution in [1.82, 2.24) is 4.90 Å². The first kappa shape index (κ1) is 18.8. The minimum atomic E-state index is -1.07. The average Bonchev–Trinajstić information content (AvgIpc) is 2.55. The number of carbonyl (C=O) groups excluding carboxylic acids is 2. The van der Waals surface area contributed by atoms with Crippen molar-refractivity contribution in [3.63, 3.8) is 0 Å². The summed E-state index contributed by atoms with van der Waals surface area (Å²) in [5.41, 5.74) is 0.436. The van der Waals surface area contributed by atoms with Crippen LogP contribution in [-0.4, -0.2) is 47.0 Å². The normalized spacial score (nSPS) is 15.1. The number of anilines is 1. The van der Waals surface area contributed by atoms with E-state index in [1.165, 1.54) is 19.1 Å². The number of hydrogen-bond donors (Lipinski definition) is 2. The van der Waals surface area contributed by atoms with E-state index in [0.717, 1.165) is 0 Å². The highest BCUT2D eigenvalue weighted by molar-refractivity contribution is 5.96. The number of hydrogen-bond acceptors (Lipinski definition) is 4. The first-order valence-electron chi connectivity index (χ1n) is 8.38. The Hall–Kier alpha value is -2.57. The second-order valence-electron chi connectivity index (χ2n) is 6.45. The Morgan fingerprint density at radius 2 is 1.88 bits per heavy atom. The van der Waals surface area contributed by atoms with E-state index in [1.54, 1.807) is 11.0 Å². The van der Waals surface area contributed by atoms with Gasteiger partial charge in [0.05, 0.1) is 17.4 Å². The fraction of sp³-hybridized carbons (Fsp3) is 0.500. The molecule has 0 unspecified atom stereocenters. The molecule has 0 saturated carbocycles. The molecule has 1 aromatic rings. The summed E-state index contributed by atoms with van der Waals surface area (Å²) in [7, 11) is 0. The van der Waals surface area contributed by atoms with E-state index < -0.39 is 5.97 Å². The average molecular weight is 348 g/mol. The van der Waals surface area contributed by atoms with E-state index in [0.29, 0.717) is 37.4 Å². The van der Waals surface area contributed by atoms with Gasteiger partial charge in [-0.3, -0.25) is 9.59 Å². The monoisotopic (exact) mass is 348 g/mol. The molecule has 25 heavy (non-hydrogen) atoms. The molecule has 2 N–H and O–H groups in total. The Labute approximate surface area is 147 Å². The number of piperidine rings is 1. The Morgan fingerprint density at radius 1 is 1.24 bits per heavy atom. The van der Waals surface area contributed by atoms with Gasteiger partial charge in [0.2, 0.25) is 11.8 Å². The highest BCUT2D eigenvalue weighted by Crippen LogP contribution is 2.29. The van der Waals surface area contributed by atoms with Crippen molar-refractivity contribution in [2.24, 2.45) is 5.92 Å². The van der Waals surface area contributed by atoms with Crippen molar-refractivity contribution in [2.75, 3.05) is 18.4 Å². The van der Waals surface area contributed by atoms with E-state index in [-0.39, 0.29) is 29.4 Å². The molecular formula is C18H24N2O5. The number of aromatic carboxylic acids is 1. The molecule has 0 bridgehead atoms. The molecule has 0 aliphatic carbocycles. The molecule has 0 aromatic heterocycles. The largest absolute Gasteiger partial charge is 0.489 e. The molecule has 1 heterocycles. The maximum atomic E-state index is 12.5. The Bertz CT molecular complexity index is 663. The van der Waals surface area contributed by atoms with Crippen molar-refractivity contribution in [1.29, 1.82) is 0 Å². The number of nitrogens with one attached hydrogen (secondary N) is 1. The first-order chi connectivity index (χ1) is 11.8. The highest BCUT2D eigenvalue weighted by atomic mass is 16.5. The van der Waals surface area contributed by atoms with E-state index >= 15 is 0 Å². The molecule has 1 aliphatic heterocycles. The minimum absolute atomic E-state index is 0.0145. The van der Waals surface area contributed by atoms with Gasteiger partial charge in [-0.2, -0.15) is 0 Å². The molecule has 1 saturated heterocycles. The molecule has 1 aromatic carbocycles. The molecule has 0 radical (unpaired) electrons. The molecule has 0 spiro atoms. The van der Waals surface area contributed by atoms with Gasteiger partial charge in [-0.05, 0) is 44.9 Å². The second kappa shape index (κ2) is 8.00. The quantitative estimate of drug-likeness (QED) is 0.852. The third-order valence-corrected chi connectivity index (χ3v) is 4.16. The van der Waals surface area contributed by atoms with Crippen molar-refractivity contribution in [3.05, 3.63) is 23.8 Å². The number of benzene rings is 1. The predicted molar refractivity (Wildman–Crippen MR) is 92.8 cm³/mol. The van der Waals surface area contributed by atoms with Crippen LogP contribution in [0, 0.1) is 5.92 Å². The van der Waals surface area contributed by atoms with Crippen molar-refractivity contribution in [2.45, 2.75) is 39.7 Å². The van der Waals surface area contributed by atoms with E-state index in [1.807, 2.05) is 13.8 Å². The molecule has 2 rings (SSSR count). The summed E-state index contributed by atoms with van der Waals surface area (Å²) in [6.45, 7) is 6.34. The third-order valence-electron chi connectivity index (χ3n) is 4.16. The lowest BCUT2D eigenvalue weighted by Gasteiger charge is -2.30. The van der Waals surface area contributed by atoms with Crippen LogP contribution in [0.2, 0.25) is 0 Å². The summed E-state index contributed by atoms with van der Waals surface area (Å²) in [6, 6.07) is 4.40. The number of carbonyl (C=O) groups is 3. The zero-order chi connectivity index (χ0) is 18.6. The maximum Gasteiger partial charge on any atom is 0.335 e. The van der Waals surface area contributed by atoms with Crippen LogP contribution in [0.5, 0.6) is 5.75 Å². The summed E-state index contributed by atoms with van der Waals surface area (Å²) in [5, 5.41) is 11.9. The first-order valence-corrected chi connectivity index (χ1v) is 8.38. The Morgan fingerprint density at radius 3 is 2.40 bits per heavy atom. The van der Waals surface area contributed by atoms with Gasteiger partial charge in [-0.15, -0.1) is 0 Å². The van der Waals surface area contributed by atoms with Gasteiger partial charge in [0.1, 0.15) is 5.75 Å². The zero-order valence-corrected chi connectivity index (χ0v) is 14.7. The van der Waals surface area contributed by atoms with Crippen molar-refractivity contribution >= 4 is 23.5 Å². The zero-order valence-electron chi connectivity index (χ0n) is 14.7. The summed E-state index contributed by atoms with van der Waals surface area (Å²) in [5.74, 6) is -1.01. The summed E-state index contributed by atoms with van der Waals surface area (Å²) in [6.07, 6.45) is 1.07. The summed E-state index contributed by atoms with van der Waals surface area (Å²) in [4.78, 5) is 36.8. The lowest BCUT2D eigenvalue weighted by Crippen LogP contribution is -2.40. The number of nitrogens with zero attached hydrogens (tertiary/aromatic N) is 1. The second-order valence-corrected chi connectivity index (χ2v) is 6.45. The molecule has 7 nitrogen and oxygen atoms in total. The molecule has 0 atom stereocenters. The standard InChI is InChI=1S/C18H24N2O5/c1-11(2)25-16-5-4-14(18(23)24)10-15(16)19-17(22)13-6-8-20(9-7-13)12(3)21/h4-5,10-11,13H,6-9H2,1-3H3,(H,19,22)(H,23,24). The van der Waals surface area contributed by atoms with Crippen LogP contribution < -0.4 is 10.1 Å². The van der Waals surface area contributed by atoms with Gasteiger partial charge >= 0.3 is 5.97 Å². The number of carboxylic acids is 1. The Kier molecular flexibility index (Phi) is 6.01. The van der Waals surface area contributed by atoms with Crippen LogP contribution in [0.1, 0.15) is 44.0 Å². The van der Waals surface area contributed by atoms with Gasteiger partial charge in [0.15, 0.2) is 0 Å². The Balaban J connectivity index is 2.12. The van der Waals surface area contributed by atoms with Crippen LogP contribution in [0.15, 0.2) is 18.2 Å². The molecular weight excluding hydrogens is 324 g/mol. The van der Waals surface area contributed by atoms with Crippen LogP contribution >= 0.6 is 0 Å². The minimum Gasteiger partial charge on any atom is -0.489 e. The summed E-state index contributed by atoms with van der Waals surface area (Å²) >= 11 is 0. The maximum absolute atomic E-state index is 12.5. The van der Waals surface area contributed by atoms with Gasteiger partial charge in [0, 0.05) is 25.9 Å². The lowest BCUT2D eigenvalue weighted by molar-refractivity contribution is -0.132. The number of likely N-dealkylation sites (tertiary alicyclic amines) is 1. The molecule has 1 fully saturated rings. The third kappa shape index (κ3) is 4.95. The van der Waals surface area contributed by atoms with E-state index in [2.05, 4.69) is 5.32 Å². The van der Waals surface area contributed by atoms with Crippen LogP contribution in [0.3, 0.4) is 0 Å². The van der Waals surface area contributed by atoms with Gasteiger partial charge in [-0.25, -0.2) is 4.79 Å². The van der Waals surface area contributed by atoms with Gasteiger partial charge in [0.25, 0.3) is 0 Å². The lowest BCUT2D eigenvalue weighted by atomic mass is 9.95. The number of carboxylic acid groups (broad SMARTS) is 1. The number of ether oxygens (including phenoxy) is 1. The molecule has 7 heteroatoms. The van der Waals surface area contributed by atoms with Crippen LogP contribution in [-0.2, 0) is 9.59 Å². The van der Waals surface area contributed by atoms with Crippen LogP contribution in [0.25, 0.3) is 0 Å². The highest BCUT2D eigenvalue weighted by Gasteiger charge is 2.26. The fourth-order valence-electron chi connectivity index (χ4n) is 2.81. The van der Waals surface area contributed by atoms with Crippen molar-refractivity contribution < 1.29 is 24.2 Å². The van der Waals surface area contributed by atoms with Gasteiger partial charge in [-0.1, -0.05) is 0 Å². The van der Waals surface area contributed by atoms with Crippen molar-refractivity contribution in [3.8, 4) is 5.75 Å². The van der Waals surface area contributed by atoms with E-state index in [9.17, 15) is 14.4 Å². The topological polar surface area (TPSA) is 95.9 Å². The smallest absolute Gasteiger partial charge is 0.335 e. The van der Waals surface area contributed by atoms with Gasteiger partial charge < -0.3 is 20.1 Å². The van der Waals surface area contributed by atoms with E-state index in [4.69, 9.17) is 9.84 Å². The number of rotatable bonds is 5. The molecule has 2 amide bonds. The predicted octanol–water partition coefficient (Wildman–Crippen LogP) is 2.37. The fourth-order valence-corrected chi connectivity index (χ4v) is 2.81. The summed E-state index contributed by atoms with van der Waals surface area (Å²) < 4.78 is 5.66. The van der Waals surface area contributed by atoms with Crippen LogP contribution in [0.4, 0.5) is 5.69 Å².